The number of nitrogens with one attached hydrogen (secondary N) is 1. The van der Waals surface area contributed by atoms with Gasteiger partial charge in [-0.3, -0.25) is 4.79 Å². The van der Waals surface area contributed by atoms with E-state index in [1.54, 1.807) is 6.07 Å². The normalized spacial score (nSPS) is 10.1. The number of rotatable bonds is 6. The summed E-state index contributed by atoms with van der Waals surface area (Å²) in [5, 5.41) is 3.13. The van der Waals surface area contributed by atoms with Gasteiger partial charge in [0.1, 0.15) is 11.3 Å². The molecule has 0 unspecified atom stereocenters. The Morgan fingerprint density at radius 2 is 1.96 bits per heavy atom. The molecule has 126 valence electrons. The third-order valence-corrected chi connectivity index (χ3v) is 4.16. The zero-order valence-electron chi connectivity index (χ0n) is 12.8. The first-order valence-corrected chi connectivity index (χ1v) is 8.19. The van der Waals surface area contributed by atoms with Gasteiger partial charge in [-0.25, -0.2) is 4.79 Å². The second kappa shape index (κ2) is 8.70. The Kier molecular flexibility index (Phi) is 6.63. The summed E-state index contributed by atoms with van der Waals surface area (Å²) in [6.07, 6.45) is 0. The Balaban J connectivity index is 1.87. The Morgan fingerprint density at radius 1 is 1.21 bits per heavy atom. The molecule has 1 amide bonds. The maximum atomic E-state index is 12.0. The Bertz CT molecular complexity index is 751. The molecule has 0 spiro atoms. The quantitative estimate of drug-likeness (QED) is 0.737. The third-order valence-electron chi connectivity index (χ3n) is 3.15. The molecular weight excluding hydrogens is 398 g/mol. The summed E-state index contributed by atoms with van der Waals surface area (Å²) >= 11 is 9.24. The zero-order chi connectivity index (χ0) is 17.5. The molecule has 0 saturated carbocycles. The van der Waals surface area contributed by atoms with Crippen LogP contribution in [0, 0.1) is 0 Å². The molecule has 0 saturated heterocycles. The highest BCUT2D eigenvalue weighted by Gasteiger charge is 2.15. The lowest BCUT2D eigenvalue weighted by Gasteiger charge is -2.10. The predicted molar refractivity (Wildman–Crippen MR) is 94.3 cm³/mol. The molecule has 24 heavy (non-hydrogen) atoms. The Morgan fingerprint density at radius 3 is 2.67 bits per heavy atom. The number of carbonyl (C=O) groups is 2. The van der Waals surface area contributed by atoms with Crippen molar-refractivity contribution in [2.75, 3.05) is 13.7 Å². The van der Waals surface area contributed by atoms with Gasteiger partial charge in [-0.05, 0) is 29.8 Å². The van der Waals surface area contributed by atoms with E-state index in [0.717, 1.165) is 10.0 Å². The number of ether oxygens (including phenoxy) is 2. The molecule has 0 aliphatic heterocycles. The minimum Gasteiger partial charge on any atom is -0.496 e. The first-order valence-electron chi connectivity index (χ1n) is 7.02. The fraction of sp³-hybridized carbons (Fsp3) is 0.176. The molecule has 0 radical (unpaired) electrons. The summed E-state index contributed by atoms with van der Waals surface area (Å²) in [4.78, 5) is 23.9. The summed E-state index contributed by atoms with van der Waals surface area (Å²) in [6, 6.07) is 12.1. The van der Waals surface area contributed by atoms with Crippen LogP contribution in [0.2, 0.25) is 5.02 Å². The molecule has 1 N–H and O–H groups in total. The number of amides is 1. The Hall–Kier alpha value is -2.05. The minimum absolute atomic E-state index is 0.209. The van der Waals surface area contributed by atoms with Gasteiger partial charge in [0.25, 0.3) is 5.91 Å². The molecule has 0 bridgehead atoms. The highest BCUT2D eigenvalue weighted by molar-refractivity contribution is 9.10. The summed E-state index contributed by atoms with van der Waals surface area (Å²) in [5.41, 5.74) is 1.14. The molecular formula is C17H15BrClNO4. The minimum atomic E-state index is -0.653. The van der Waals surface area contributed by atoms with Crippen LogP contribution in [-0.2, 0) is 16.1 Å². The Labute approximate surface area is 153 Å². The molecule has 0 heterocycles. The molecule has 0 aliphatic rings. The molecule has 0 fully saturated rings. The van der Waals surface area contributed by atoms with Gasteiger partial charge in [0.2, 0.25) is 0 Å². The summed E-state index contributed by atoms with van der Waals surface area (Å²) in [5.74, 6) is -0.757. The molecule has 2 rings (SSSR count). The van der Waals surface area contributed by atoms with Crippen molar-refractivity contribution < 1.29 is 19.1 Å². The van der Waals surface area contributed by atoms with E-state index in [1.807, 2.05) is 24.3 Å². The monoisotopic (exact) mass is 411 g/mol. The van der Waals surface area contributed by atoms with Gasteiger partial charge < -0.3 is 14.8 Å². The van der Waals surface area contributed by atoms with Crippen LogP contribution in [-0.4, -0.2) is 25.6 Å². The summed E-state index contributed by atoms with van der Waals surface area (Å²) in [7, 11) is 1.42. The van der Waals surface area contributed by atoms with Crippen molar-refractivity contribution in [3.8, 4) is 5.75 Å². The van der Waals surface area contributed by atoms with Crippen molar-refractivity contribution in [1.82, 2.24) is 5.32 Å². The topological polar surface area (TPSA) is 64.6 Å². The standard InChI is InChI=1S/C17H15BrClNO4/c1-23-15-8-12(19)6-7-13(15)17(22)24-10-16(21)20-9-11-4-2-3-5-14(11)18/h2-8H,9-10H2,1H3,(H,20,21). The molecule has 0 atom stereocenters. The van der Waals surface area contributed by atoms with Crippen molar-refractivity contribution >= 4 is 39.4 Å². The van der Waals surface area contributed by atoms with Gasteiger partial charge in [-0.15, -0.1) is 0 Å². The van der Waals surface area contributed by atoms with E-state index in [0.29, 0.717) is 17.3 Å². The van der Waals surface area contributed by atoms with Crippen molar-refractivity contribution in [2.45, 2.75) is 6.54 Å². The molecule has 0 aromatic heterocycles. The van der Waals surface area contributed by atoms with Gasteiger partial charge in [0, 0.05) is 16.0 Å². The first-order chi connectivity index (χ1) is 11.5. The zero-order valence-corrected chi connectivity index (χ0v) is 15.2. The van der Waals surface area contributed by atoms with Gasteiger partial charge in [0.15, 0.2) is 6.61 Å². The molecule has 0 aliphatic carbocycles. The first kappa shape index (κ1) is 18.3. The number of benzene rings is 2. The van der Waals surface area contributed by atoms with Crippen molar-refractivity contribution in [3.05, 3.63) is 63.1 Å². The number of hydrogen-bond donors (Lipinski definition) is 1. The van der Waals surface area contributed by atoms with Crippen LogP contribution in [0.4, 0.5) is 0 Å². The molecule has 2 aromatic carbocycles. The predicted octanol–water partition coefficient (Wildman–Crippen LogP) is 3.58. The average Bonchev–Trinajstić information content (AvgIpc) is 2.58. The number of halogens is 2. The average molecular weight is 413 g/mol. The van der Waals surface area contributed by atoms with E-state index in [1.165, 1.54) is 19.2 Å². The van der Waals surface area contributed by atoms with E-state index < -0.39 is 11.9 Å². The highest BCUT2D eigenvalue weighted by atomic mass is 79.9. The van der Waals surface area contributed by atoms with Gasteiger partial charge >= 0.3 is 5.97 Å². The number of hydrogen-bond acceptors (Lipinski definition) is 4. The van der Waals surface area contributed by atoms with Crippen LogP contribution in [0.15, 0.2) is 46.9 Å². The molecule has 5 nitrogen and oxygen atoms in total. The van der Waals surface area contributed by atoms with E-state index in [-0.39, 0.29) is 12.2 Å². The fourth-order valence-electron chi connectivity index (χ4n) is 1.93. The third kappa shape index (κ3) is 4.97. The van der Waals surface area contributed by atoms with E-state index in [9.17, 15) is 9.59 Å². The SMILES string of the molecule is COc1cc(Cl)ccc1C(=O)OCC(=O)NCc1ccccc1Br. The van der Waals surface area contributed by atoms with Crippen LogP contribution < -0.4 is 10.1 Å². The van der Waals surface area contributed by atoms with Gasteiger partial charge in [0.05, 0.1) is 7.11 Å². The number of esters is 1. The van der Waals surface area contributed by atoms with Crippen LogP contribution in [0.5, 0.6) is 5.75 Å². The highest BCUT2D eigenvalue weighted by Crippen LogP contribution is 2.23. The second-order valence-electron chi connectivity index (χ2n) is 4.79. The van der Waals surface area contributed by atoms with E-state index in [2.05, 4.69) is 21.2 Å². The van der Waals surface area contributed by atoms with Gasteiger partial charge in [-0.1, -0.05) is 45.7 Å². The second-order valence-corrected chi connectivity index (χ2v) is 6.08. The maximum Gasteiger partial charge on any atom is 0.342 e. The lowest BCUT2D eigenvalue weighted by molar-refractivity contribution is -0.124. The molecule has 7 heteroatoms. The van der Waals surface area contributed by atoms with Gasteiger partial charge in [-0.2, -0.15) is 0 Å². The maximum absolute atomic E-state index is 12.0. The van der Waals surface area contributed by atoms with E-state index >= 15 is 0 Å². The number of methoxy groups -OCH3 is 1. The largest absolute Gasteiger partial charge is 0.496 e. The van der Waals surface area contributed by atoms with Crippen molar-refractivity contribution in [3.63, 3.8) is 0 Å². The lowest BCUT2D eigenvalue weighted by atomic mass is 10.2. The van der Waals surface area contributed by atoms with Crippen LogP contribution in [0.1, 0.15) is 15.9 Å². The summed E-state index contributed by atoms with van der Waals surface area (Å²) < 4.78 is 11.0. The molecule has 2 aromatic rings. The van der Waals surface area contributed by atoms with Crippen molar-refractivity contribution in [1.29, 1.82) is 0 Å². The van der Waals surface area contributed by atoms with Crippen LogP contribution in [0.3, 0.4) is 0 Å². The summed E-state index contributed by atoms with van der Waals surface area (Å²) in [6.45, 7) is -0.0445. The fourth-order valence-corrected chi connectivity index (χ4v) is 2.52. The van der Waals surface area contributed by atoms with Crippen molar-refractivity contribution in [2.24, 2.45) is 0 Å². The number of carbonyl (C=O) groups excluding carboxylic acids is 2. The van der Waals surface area contributed by atoms with E-state index in [4.69, 9.17) is 21.1 Å². The lowest BCUT2D eigenvalue weighted by Crippen LogP contribution is -2.28. The van der Waals surface area contributed by atoms with Crippen LogP contribution >= 0.6 is 27.5 Å². The van der Waals surface area contributed by atoms with Crippen LogP contribution in [0.25, 0.3) is 0 Å². The smallest absolute Gasteiger partial charge is 0.342 e.